The lowest BCUT2D eigenvalue weighted by molar-refractivity contribution is -0.131. The average Bonchev–Trinajstić information content (AvgIpc) is 3.42. The molecule has 2 fully saturated rings. The smallest absolute Gasteiger partial charge is 0.290 e. The number of carboxylic acid groups (broad SMARTS) is 1. The van der Waals surface area contributed by atoms with Crippen LogP contribution in [-0.2, 0) is 16.1 Å². The third-order valence-corrected chi connectivity index (χ3v) is 5.65. The Morgan fingerprint density at radius 2 is 1.94 bits per heavy atom. The predicted octanol–water partition coefficient (Wildman–Crippen LogP) is 1.74. The molecule has 2 aliphatic rings. The van der Waals surface area contributed by atoms with E-state index in [4.69, 9.17) is 14.9 Å². The number of fused-ring (bicyclic) bond motifs is 1. The van der Waals surface area contributed by atoms with Crippen LogP contribution in [0.3, 0.4) is 0 Å². The zero-order valence-electron chi connectivity index (χ0n) is 18.1. The van der Waals surface area contributed by atoms with E-state index in [-0.39, 0.29) is 18.4 Å². The molecule has 3 aromatic heterocycles. The molecule has 32 heavy (non-hydrogen) atoms. The molecule has 1 aliphatic carbocycles. The van der Waals surface area contributed by atoms with Crippen LogP contribution >= 0.6 is 0 Å². The highest BCUT2D eigenvalue weighted by Gasteiger charge is 2.36. The van der Waals surface area contributed by atoms with Gasteiger partial charge in [-0.3, -0.25) is 9.59 Å². The number of carbonyl (C=O) groups excluding carboxylic acids is 1. The molecule has 0 radical (unpaired) electrons. The average molecular weight is 438 g/mol. The van der Waals surface area contributed by atoms with Gasteiger partial charge < -0.3 is 19.9 Å². The van der Waals surface area contributed by atoms with Gasteiger partial charge in [-0.1, -0.05) is 0 Å². The molecule has 1 saturated carbocycles. The summed E-state index contributed by atoms with van der Waals surface area (Å²) >= 11 is 0. The number of aryl methyl sites for hydroxylation is 2. The highest BCUT2D eigenvalue weighted by molar-refractivity contribution is 5.86. The molecule has 4 heterocycles. The van der Waals surface area contributed by atoms with Gasteiger partial charge in [0.25, 0.3) is 6.47 Å². The molecule has 0 spiro atoms. The highest BCUT2D eigenvalue weighted by atomic mass is 16.3. The number of rotatable bonds is 5. The van der Waals surface area contributed by atoms with Gasteiger partial charge >= 0.3 is 0 Å². The Balaban J connectivity index is 0.000000775. The first-order valence-electron chi connectivity index (χ1n) is 10.7. The monoisotopic (exact) mass is 438 g/mol. The number of nitrogens with zero attached hydrogens (tertiary/aromatic N) is 7. The Labute approximate surface area is 184 Å². The summed E-state index contributed by atoms with van der Waals surface area (Å²) in [7, 11) is 0. The first-order chi connectivity index (χ1) is 15.5. The number of anilines is 1. The van der Waals surface area contributed by atoms with E-state index in [1.807, 2.05) is 16.4 Å². The second-order valence-corrected chi connectivity index (χ2v) is 7.89. The first-order valence-corrected chi connectivity index (χ1v) is 10.7. The fourth-order valence-corrected chi connectivity index (χ4v) is 3.93. The van der Waals surface area contributed by atoms with Crippen molar-refractivity contribution in [3.05, 3.63) is 24.5 Å². The van der Waals surface area contributed by atoms with Crippen LogP contribution in [0.5, 0.6) is 0 Å². The number of amides is 1. The number of likely N-dealkylation sites (tertiary alicyclic amines) is 1. The molecular formula is C21H26N8O3. The standard InChI is InChI=1S/C20H24N8O.CH2O2/c1-3-28-18(14-8-21-12(2)22-9-14)26-16-17(23-11-24-19(16)28)25-15-6-7-27(10-15)20(29)13-4-5-13;2-1-3/h8-9,11,13,15H,3-7,10H2,1-2H3,(H,23,24,25);1H,(H,2,3). The van der Waals surface area contributed by atoms with Crippen molar-refractivity contribution in [2.75, 3.05) is 18.4 Å². The largest absolute Gasteiger partial charge is 0.483 e. The van der Waals surface area contributed by atoms with E-state index in [2.05, 4.69) is 32.2 Å². The number of imidazole rings is 1. The van der Waals surface area contributed by atoms with E-state index >= 15 is 0 Å². The summed E-state index contributed by atoms with van der Waals surface area (Å²) in [6, 6.07) is 0.175. The summed E-state index contributed by atoms with van der Waals surface area (Å²) in [4.78, 5) is 45.0. The van der Waals surface area contributed by atoms with Gasteiger partial charge in [-0.15, -0.1) is 0 Å². The zero-order chi connectivity index (χ0) is 22.7. The van der Waals surface area contributed by atoms with Crippen molar-refractivity contribution >= 4 is 29.4 Å². The minimum absolute atomic E-state index is 0.175. The van der Waals surface area contributed by atoms with Crippen molar-refractivity contribution in [2.45, 2.75) is 45.7 Å². The van der Waals surface area contributed by atoms with Gasteiger partial charge in [0.15, 0.2) is 17.0 Å². The lowest BCUT2D eigenvalue weighted by atomic mass is 10.2. The Kier molecular flexibility index (Phi) is 6.24. The van der Waals surface area contributed by atoms with E-state index in [1.54, 1.807) is 18.7 Å². The third-order valence-electron chi connectivity index (χ3n) is 5.65. The number of hydrogen-bond acceptors (Lipinski definition) is 8. The van der Waals surface area contributed by atoms with Crippen molar-refractivity contribution < 1.29 is 14.7 Å². The molecule has 5 rings (SSSR count). The summed E-state index contributed by atoms with van der Waals surface area (Å²) in [6.45, 7) is 5.92. The van der Waals surface area contributed by atoms with Crippen molar-refractivity contribution in [3.8, 4) is 11.4 Å². The molecule has 1 unspecified atom stereocenters. The summed E-state index contributed by atoms with van der Waals surface area (Å²) in [5.41, 5.74) is 2.37. The van der Waals surface area contributed by atoms with Gasteiger partial charge in [0.2, 0.25) is 5.91 Å². The molecule has 11 nitrogen and oxygen atoms in total. The van der Waals surface area contributed by atoms with E-state index in [0.717, 1.165) is 60.7 Å². The van der Waals surface area contributed by atoms with E-state index in [1.165, 1.54) is 0 Å². The van der Waals surface area contributed by atoms with Gasteiger partial charge in [-0.25, -0.2) is 24.9 Å². The molecule has 11 heteroatoms. The number of hydrogen-bond donors (Lipinski definition) is 2. The van der Waals surface area contributed by atoms with Crippen LogP contribution in [0.2, 0.25) is 0 Å². The number of aromatic nitrogens is 6. The van der Waals surface area contributed by atoms with Crippen molar-refractivity contribution in [3.63, 3.8) is 0 Å². The minimum Gasteiger partial charge on any atom is -0.483 e. The molecule has 1 saturated heterocycles. The van der Waals surface area contributed by atoms with Crippen LogP contribution in [0.15, 0.2) is 18.7 Å². The van der Waals surface area contributed by atoms with Gasteiger partial charge in [-0.2, -0.15) is 0 Å². The maximum absolute atomic E-state index is 12.3. The Morgan fingerprint density at radius 3 is 2.59 bits per heavy atom. The molecule has 1 aliphatic heterocycles. The molecule has 0 aromatic carbocycles. The molecule has 168 valence electrons. The Hall–Kier alpha value is -3.63. The quantitative estimate of drug-likeness (QED) is 0.570. The van der Waals surface area contributed by atoms with Crippen molar-refractivity contribution in [1.29, 1.82) is 0 Å². The fourth-order valence-electron chi connectivity index (χ4n) is 3.93. The summed E-state index contributed by atoms with van der Waals surface area (Å²) in [5.74, 6) is 2.78. The molecule has 1 amide bonds. The normalized spacial score (nSPS) is 17.7. The molecule has 0 bridgehead atoms. The Morgan fingerprint density at radius 1 is 1.22 bits per heavy atom. The van der Waals surface area contributed by atoms with Crippen LogP contribution in [0.4, 0.5) is 5.82 Å². The first kappa shape index (κ1) is 21.6. The SMILES string of the molecule is CCn1c(-c2cnc(C)nc2)nc2c(NC3CCN(C(=O)C4CC4)C3)ncnc21.O=CO. The van der Waals surface area contributed by atoms with Crippen LogP contribution < -0.4 is 5.32 Å². The highest BCUT2D eigenvalue weighted by Crippen LogP contribution is 2.33. The van der Waals surface area contributed by atoms with Gasteiger partial charge in [0.1, 0.15) is 18.0 Å². The lowest BCUT2D eigenvalue weighted by Gasteiger charge is -2.17. The topological polar surface area (TPSA) is 139 Å². The van der Waals surface area contributed by atoms with Gasteiger partial charge in [0, 0.05) is 44.0 Å². The third kappa shape index (κ3) is 4.36. The number of carbonyl (C=O) groups is 2. The fraction of sp³-hybridized carbons (Fsp3) is 0.476. The van der Waals surface area contributed by atoms with E-state index < -0.39 is 0 Å². The second kappa shape index (κ2) is 9.25. The zero-order valence-corrected chi connectivity index (χ0v) is 18.1. The summed E-state index contributed by atoms with van der Waals surface area (Å²) in [5, 5.41) is 10.4. The Bertz CT molecular complexity index is 1110. The maximum atomic E-state index is 12.3. The summed E-state index contributed by atoms with van der Waals surface area (Å²) in [6.07, 6.45) is 8.14. The summed E-state index contributed by atoms with van der Waals surface area (Å²) < 4.78 is 2.05. The molecule has 2 N–H and O–H groups in total. The van der Waals surface area contributed by atoms with Crippen LogP contribution in [0.1, 0.15) is 32.0 Å². The van der Waals surface area contributed by atoms with Crippen LogP contribution in [0, 0.1) is 12.8 Å². The van der Waals surface area contributed by atoms with Crippen LogP contribution in [0.25, 0.3) is 22.6 Å². The lowest BCUT2D eigenvalue weighted by Crippen LogP contribution is -2.32. The van der Waals surface area contributed by atoms with Crippen LogP contribution in [-0.4, -0.2) is 71.0 Å². The van der Waals surface area contributed by atoms with E-state index in [0.29, 0.717) is 18.3 Å². The van der Waals surface area contributed by atoms with E-state index in [9.17, 15) is 4.79 Å². The molecule has 3 aromatic rings. The molecular weight excluding hydrogens is 412 g/mol. The second-order valence-electron chi connectivity index (χ2n) is 7.89. The van der Waals surface area contributed by atoms with Crippen molar-refractivity contribution in [1.82, 2.24) is 34.4 Å². The van der Waals surface area contributed by atoms with Gasteiger partial charge in [-0.05, 0) is 33.1 Å². The van der Waals surface area contributed by atoms with Crippen molar-refractivity contribution in [2.24, 2.45) is 5.92 Å². The predicted molar refractivity (Wildman–Crippen MR) is 117 cm³/mol. The minimum atomic E-state index is -0.250. The van der Waals surface area contributed by atoms with Gasteiger partial charge in [0.05, 0.1) is 5.56 Å². The number of nitrogens with one attached hydrogen (secondary N) is 1. The molecule has 1 atom stereocenters. The maximum Gasteiger partial charge on any atom is 0.290 e.